The molecule has 1 heterocycles. The lowest BCUT2D eigenvalue weighted by Gasteiger charge is -1.96. The second-order valence-corrected chi connectivity index (χ2v) is 5.55. The molecule has 0 fully saturated rings. The molecule has 0 aliphatic rings. The highest BCUT2D eigenvalue weighted by atomic mass is 32.2. The molecule has 0 saturated heterocycles. The molecule has 1 nitrogen and oxygen atoms in total. The predicted molar refractivity (Wildman–Crippen MR) is 57.1 cm³/mol. The Balaban J connectivity index is 2.74. The van der Waals surface area contributed by atoms with E-state index in [9.17, 15) is 0 Å². The summed E-state index contributed by atoms with van der Waals surface area (Å²) in [4.78, 5) is 0. The van der Waals surface area contributed by atoms with E-state index in [4.69, 9.17) is 17.0 Å². The topological polar surface area (TPSA) is 9.23 Å². The SMILES string of the molecule is COc1ccc2sc(=S)sc2c1. The fourth-order valence-electron chi connectivity index (χ4n) is 0.980. The second-order valence-electron chi connectivity index (χ2n) is 2.27. The van der Waals surface area contributed by atoms with Gasteiger partial charge in [-0.2, -0.15) is 0 Å². The number of ether oxygens (including phenoxy) is 1. The zero-order chi connectivity index (χ0) is 8.55. The highest BCUT2D eigenvalue weighted by Gasteiger charge is 1.98. The molecule has 0 spiro atoms. The van der Waals surface area contributed by atoms with Gasteiger partial charge in [-0.25, -0.2) is 0 Å². The first kappa shape index (κ1) is 8.16. The Labute approximate surface area is 83.2 Å². The van der Waals surface area contributed by atoms with Crippen molar-refractivity contribution in [3.63, 3.8) is 0 Å². The van der Waals surface area contributed by atoms with Crippen molar-refractivity contribution in [2.24, 2.45) is 0 Å². The summed E-state index contributed by atoms with van der Waals surface area (Å²) in [6, 6.07) is 6.03. The predicted octanol–water partition coefficient (Wildman–Crippen LogP) is 3.70. The van der Waals surface area contributed by atoms with Gasteiger partial charge in [0, 0.05) is 4.70 Å². The lowest BCUT2D eigenvalue weighted by atomic mass is 10.3. The molecule has 0 aliphatic heterocycles. The summed E-state index contributed by atoms with van der Waals surface area (Å²) in [5, 5.41) is 0. The quantitative estimate of drug-likeness (QED) is 0.669. The number of hydrogen-bond acceptors (Lipinski definition) is 4. The van der Waals surface area contributed by atoms with E-state index in [1.807, 2.05) is 18.2 Å². The zero-order valence-corrected chi connectivity index (χ0v) is 8.81. The van der Waals surface area contributed by atoms with Crippen LogP contribution >= 0.6 is 34.9 Å². The van der Waals surface area contributed by atoms with Crippen LogP contribution in [0.2, 0.25) is 0 Å². The Morgan fingerprint density at radius 1 is 1.25 bits per heavy atom. The van der Waals surface area contributed by atoms with Crippen LogP contribution in [0, 0.1) is 3.14 Å². The Morgan fingerprint density at radius 2 is 2.00 bits per heavy atom. The summed E-state index contributed by atoms with van der Waals surface area (Å²) in [7, 11) is 1.67. The first-order chi connectivity index (χ1) is 5.79. The van der Waals surface area contributed by atoms with Crippen molar-refractivity contribution in [1.29, 1.82) is 0 Å². The van der Waals surface area contributed by atoms with Gasteiger partial charge in [-0.15, -0.1) is 22.7 Å². The first-order valence-electron chi connectivity index (χ1n) is 3.37. The molecule has 12 heavy (non-hydrogen) atoms. The number of methoxy groups -OCH3 is 1. The number of hydrogen-bond donors (Lipinski definition) is 0. The molecule has 2 rings (SSSR count). The fraction of sp³-hybridized carbons (Fsp3) is 0.125. The standard InChI is InChI=1S/C8H6OS3/c1-9-5-2-3-6-7(4-5)12-8(10)11-6/h2-4H,1H3. The van der Waals surface area contributed by atoms with Gasteiger partial charge in [0.2, 0.25) is 0 Å². The molecule has 62 valence electrons. The van der Waals surface area contributed by atoms with Crippen molar-refractivity contribution < 1.29 is 4.74 Å². The van der Waals surface area contributed by atoms with Crippen molar-refractivity contribution >= 4 is 44.3 Å². The molecule has 0 aliphatic carbocycles. The minimum Gasteiger partial charge on any atom is -0.497 e. The molecule has 0 bridgehead atoms. The smallest absolute Gasteiger partial charge is 0.144 e. The third-order valence-electron chi connectivity index (χ3n) is 1.54. The number of benzene rings is 1. The maximum atomic E-state index is 5.11. The number of rotatable bonds is 1. The lowest BCUT2D eigenvalue weighted by molar-refractivity contribution is 0.415. The van der Waals surface area contributed by atoms with Crippen LogP contribution in [0.5, 0.6) is 5.75 Å². The van der Waals surface area contributed by atoms with Crippen LogP contribution in [0.25, 0.3) is 9.40 Å². The van der Waals surface area contributed by atoms with Gasteiger partial charge in [0.25, 0.3) is 0 Å². The van der Waals surface area contributed by atoms with E-state index in [-0.39, 0.29) is 0 Å². The van der Waals surface area contributed by atoms with Crippen LogP contribution in [-0.2, 0) is 0 Å². The lowest BCUT2D eigenvalue weighted by Crippen LogP contribution is -1.79. The molecule has 1 aromatic carbocycles. The highest BCUT2D eigenvalue weighted by Crippen LogP contribution is 2.30. The summed E-state index contributed by atoms with van der Waals surface area (Å²) in [6.45, 7) is 0. The maximum absolute atomic E-state index is 5.11. The van der Waals surface area contributed by atoms with Crippen molar-refractivity contribution in [3.8, 4) is 5.75 Å². The van der Waals surface area contributed by atoms with Gasteiger partial charge in [0.15, 0.2) is 0 Å². The monoisotopic (exact) mass is 214 g/mol. The van der Waals surface area contributed by atoms with Crippen LogP contribution in [0.1, 0.15) is 0 Å². The normalized spacial score (nSPS) is 10.4. The molecular weight excluding hydrogens is 208 g/mol. The van der Waals surface area contributed by atoms with Crippen LogP contribution in [-0.4, -0.2) is 7.11 Å². The van der Waals surface area contributed by atoms with Gasteiger partial charge in [-0.1, -0.05) is 12.2 Å². The molecule has 4 heteroatoms. The molecule has 0 saturated carbocycles. The van der Waals surface area contributed by atoms with E-state index >= 15 is 0 Å². The van der Waals surface area contributed by atoms with E-state index in [2.05, 4.69) is 0 Å². The van der Waals surface area contributed by atoms with E-state index in [1.165, 1.54) is 9.40 Å². The third kappa shape index (κ3) is 1.37. The van der Waals surface area contributed by atoms with Gasteiger partial charge in [-0.05, 0) is 18.2 Å². The summed E-state index contributed by atoms with van der Waals surface area (Å²) in [5.41, 5.74) is 0. The number of fused-ring (bicyclic) bond motifs is 1. The van der Waals surface area contributed by atoms with Gasteiger partial charge in [0.1, 0.15) is 8.89 Å². The molecule has 2 aromatic rings. The van der Waals surface area contributed by atoms with Crippen LogP contribution in [0.3, 0.4) is 0 Å². The average molecular weight is 214 g/mol. The fourth-order valence-corrected chi connectivity index (χ4v) is 3.47. The Morgan fingerprint density at radius 3 is 2.75 bits per heavy atom. The Hall–Kier alpha value is -0.450. The second kappa shape index (κ2) is 3.12. The molecule has 0 unspecified atom stereocenters. The first-order valence-corrected chi connectivity index (χ1v) is 5.41. The van der Waals surface area contributed by atoms with Crippen molar-refractivity contribution in [3.05, 3.63) is 21.3 Å². The van der Waals surface area contributed by atoms with Gasteiger partial charge in [0.05, 0.1) is 11.8 Å². The average Bonchev–Trinajstić information content (AvgIpc) is 2.43. The maximum Gasteiger partial charge on any atom is 0.144 e. The molecular formula is C8H6OS3. The highest BCUT2D eigenvalue weighted by molar-refractivity contribution is 7.77. The molecule has 0 amide bonds. The minimum absolute atomic E-state index is 0.895. The molecule has 0 radical (unpaired) electrons. The van der Waals surface area contributed by atoms with Crippen molar-refractivity contribution in [1.82, 2.24) is 0 Å². The van der Waals surface area contributed by atoms with E-state index in [0.29, 0.717) is 0 Å². The third-order valence-corrected chi connectivity index (χ3v) is 4.13. The van der Waals surface area contributed by atoms with Gasteiger partial charge < -0.3 is 4.74 Å². The summed E-state index contributed by atoms with van der Waals surface area (Å²) in [5.74, 6) is 0.895. The zero-order valence-electron chi connectivity index (χ0n) is 6.37. The molecule has 0 N–H and O–H groups in total. The van der Waals surface area contributed by atoms with Crippen LogP contribution in [0.4, 0.5) is 0 Å². The Bertz CT molecular complexity index is 455. The Kier molecular flexibility index (Phi) is 2.12. The van der Waals surface area contributed by atoms with Gasteiger partial charge in [-0.3, -0.25) is 0 Å². The van der Waals surface area contributed by atoms with Crippen molar-refractivity contribution in [2.75, 3.05) is 7.11 Å². The largest absolute Gasteiger partial charge is 0.497 e. The van der Waals surface area contributed by atoms with Crippen LogP contribution < -0.4 is 4.74 Å². The van der Waals surface area contributed by atoms with Crippen LogP contribution in [0.15, 0.2) is 18.2 Å². The molecule has 1 aromatic heterocycles. The van der Waals surface area contributed by atoms with E-state index < -0.39 is 0 Å². The summed E-state index contributed by atoms with van der Waals surface area (Å²) >= 11 is 8.37. The van der Waals surface area contributed by atoms with Gasteiger partial charge >= 0.3 is 0 Å². The summed E-state index contributed by atoms with van der Waals surface area (Å²) < 4.78 is 8.53. The minimum atomic E-state index is 0.895. The summed E-state index contributed by atoms with van der Waals surface area (Å²) in [6.07, 6.45) is 0. The molecule has 0 atom stereocenters. The van der Waals surface area contributed by atoms with Crippen molar-refractivity contribution in [2.45, 2.75) is 0 Å². The van der Waals surface area contributed by atoms with E-state index in [0.717, 1.165) is 8.89 Å². The van der Waals surface area contributed by atoms with E-state index in [1.54, 1.807) is 29.8 Å².